The van der Waals surface area contributed by atoms with Crippen LogP contribution in [-0.4, -0.2) is 30.4 Å². The Morgan fingerprint density at radius 1 is 1.00 bits per heavy atom. The van der Waals surface area contributed by atoms with Gasteiger partial charge in [-0.05, 0) is 30.2 Å². The SMILES string of the molecule is COc1ccc(CO[C@H](C/C=C/[C@H](C)OCc2ccccc2)C(=O)O)cc1. The van der Waals surface area contributed by atoms with E-state index in [0.29, 0.717) is 6.61 Å². The standard InChI is InChI=1S/C22H26O5/c1-17(26-15-18-8-4-3-5-9-18)7-6-10-21(22(23)24)27-16-19-11-13-20(25-2)14-12-19/h3-9,11-14,17,21H,10,15-16H2,1-2H3,(H,23,24)/b7-6+/t17-,21+/m0/s1. The summed E-state index contributed by atoms with van der Waals surface area (Å²) in [7, 11) is 1.60. The summed E-state index contributed by atoms with van der Waals surface area (Å²) in [6.07, 6.45) is 2.92. The first-order chi connectivity index (χ1) is 13.1. The minimum absolute atomic E-state index is 0.110. The van der Waals surface area contributed by atoms with Crippen molar-refractivity contribution in [2.45, 2.75) is 38.8 Å². The fraction of sp³-hybridized carbons (Fsp3) is 0.318. The zero-order valence-corrected chi connectivity index (χ0v) is 15.7. The van der Waals surface area contributed by atoms with Gasteiger partial charge in [0.25, 0.3) is 0 Å². The van der Waals surface area contributed by atoms with Crippen molar-refractivity contribution in [3.8, 4) is 5.75 Å². The van der Waals surface area contributed by atoms with E-state index in [1.165, 1.54) is 0 Å². The van der Waals surface area contributed by atoms with Crippen molar-refractivity contribution < 1.29 is 24.1 Å². The molecule has 0 fully saturated rings. The summed E-state index contributed by atoms with van der Waals surface area (Å²) in [4.78, 5) is 11.4. The van der Waals surface area contributed by atoms with Gasteiger partial charge in [0.15, 0.2) is 6.10 Å². The highest BCUT2D eigenvalue weighted by Crippen LogP contribution is 2.14. The van der Waals surface area contributed by atoms with Gasteiger partial charge < -0.3 is 19.3 Å². The lowest BCUT2D eigenvalue weighted by Crippen LogP contribution is -2.23. The zero-order chi connectivity index (χ0) is 19.5. The van der Waals surface area contributed by atoms with Crippen molar-refractivity contribution in [1.82, 2.24) is 0 Å². The first-order valence-corrected chi connectivity index (χ1v) is 8.88. The molecule has 0 aliphatic heterocycles. The number of ether oxygens (including phenoxy) is 3. The third kappa shape index (κ3) is 7.64. The number of hydrogen-bond acceptors (Lipinski definition) is 4. The molecule has 2 aromatic rings. The third-order valence-electron chi connectivity index (χ3n) is 4.00. The van der Waals surface area contributed by atoms with Crippen LogP contribution in [0, 0.1) is 0 Å². The summed E-state index contributed by atoms with van der Waals surface area (Å²) in [6, 6.07) is 17.3. The summed E-state index contributed by atoms with van der Waals surface area (Å²) < 4.78 is 16.4. The lowest BCUT2D eigenvalue weighted by molar-refractivity contribution is -0.151. The highest BCUT2D eigenvalue weighted by Gasteiger charge is 2.16. The van der Waals surface area contributed by atoms with Crippen LogP contribution in [0.5, 0.6) is 5.75 Å². The van der Waals surface area contributed by atoms with E-state index in [9.17, 15) is 9.90 Å². The van der Waals surface area contributed by atoms with Gasteiger partial charge in [-0.15, -0.1) is 0 Å². The Kier molecular flexibility index (Phi) is 8.55. The number of benzene rings is 2. The summed E-state index contributed by atoms with van der Waals surface area (Å²) in [5.41, 5.74) is 1.99. The molecule has 0 aromatic heterocycles. The van der Waals surface area contributed by atoms with E-state index < -0.39 is 12.1 Å². The van der Waals surface area contributed by atoms with Crippen LogP contribution in [0.3, 0.4) is 0 Å². The monoisotopic (exact) mass is 370 g/mol. The molecule has 0 spiro atoms. The second-order valence-corrected chi connectivity index (χ2v) is 6.15. The number of hydrogen-bond donors (Lipinski definition) is 1. The van der Waals surface area contributed by atoms with Crippen molar-refractivity contribution in [1.29, 1.82) is 0 Å². The molecule has 2 aromatic carbocycles. The van der Waals surface area contributed by atoms with Crippen LogP contribution >= 0.6 is 0 Å². The van der Waals surface area contributed by atoms with Gasteiger partial charge in [0.1, 0.15) is 5.75 Å². The summed E-state index contributed by atoms with van der Waals surface area (Å²) in [5.74, 6) is -0.230. The van der Waals surface area contributed by atoms with Crippen LogP contribution in [0.15, 0.2) is 66.7 Å². The van der Waals surface area contributed by atoms with Gasteiger partial charge >= 0.3 is 5.97 Å². The first kappa shape index (κ1) is 20.7. The molecule has 5 nitrogen and oxygen atoms in total. The van der Waals surface area contributed by atoms with Crippen molar-refractivity contribution in [3.05, 3.63) is 77.9 Å². The summed E-state index contributed by atoms with van der Waals surface area (Å²) in [6.45, 7) is 2.67. The zero-order valence-electron chi connectivity index (χ0n) is 15.7. The predicted octanol–water partition coefficient (Wildman–Crippen LogP) is 4.22. The molecule has 0 saturated carbocycles. The number of aliphatic carboxylic acids is 1. The lowest BCUT2D eigenvalue weighted by atomic mass is 10.2. The quantitative estimate of drug-likeness (QED) is 0.600. The summed E-state index contributed by atoms with van der Waals surface area (Å²) in [5, 5.41) is 9.34. The van der Waals surface area contributed by atoms with Crippen LogP contribution in [0.1, 0.15) is 24.5 Å². The normalized spacial score (nSPS) is 13.4. The maximum absolute atomic E-state index is 11.4. The molecule has 0 radical (unpaired) electrons. The van der Waals surface area contributed by atoms with Crippen molar-refractivity contribution >= 4 is 5.97 Å². The molecule has 0 unspecified atom stereocenters. The largest absolute Gasteiger partial charge is 0.497 e. The molecule has 1 N–H and O–H groups in total. The second-order valence-electron chi connectivity index (χ2n) is 6.15. The van der Waals surface area contributed by atoms with Crippen LogP contribution < -0.4 is 4.74 Å². The second kappa shape index (κ2) is 11.2. The van der Waals surface area contributed by atoms with Crippen LogP contribution in [0.2, 0.25) is 0 Å². The molecule has 0 aliphatic rings. The number of rotatable bonds is 11. The minimum atomic E-state index is -0.981. The van der Waals surface area contributed by atoms with Gasteiger partial charge in [-0.25, -0.2) is 4.79 Å². The number of carboxylic acid groups (broad SMARTS) is 1. The highest BCUT2D eigenvalue weighted by molar-refractivity contribution is 5.72. The lowest BCUT2D eigenvalue weighted by Gasteiger charge is -2.13. The first-order valence-electron chi connectivity index (χ1n) is 8.88. The molecule has 0 amide bonds. The predicted molar refractivity (Wildman–Crippen MR) is 104 cm³/mol. The summed E-state index contributed by atoms with van der Waals surface area (Å²) >= 11 is 0. The van der Waals surface area contributed by atoms with Gasteiger partial charge in [-0.2, -0.15) is 0 Å². The van der Waals surface area contributed by atoms with Gasteiger partial charge in [0, 0.05) is 6.42 Å². The van der Waals surface area contributed by atoms with E-state index in [1.54, 1.807) is 13.2 Å². The van der Waals surface area contributed by atoms with E-state index in [1.807, 2.05) is 67.6 Å². The molecule has 27 heavy (non-hydrogen) atoms. The Balaban J connectivity index is 1.77. The fourth-order valence-corrected chi connectivity index (χ4v) is 2.41. The molecule has 0 bridgehead atoms. The average Bonchev–Trinajstić information content (AvgIpc) is 2.70. The average molecular weight is 370 g/mol. The van der Waals surface area contributed by atoms with Crippen molar-refractivity contribution in [2.24, 2.45) is 0 Å². The van der Waals surface area contributed by atoms with E-state index in [0.717, 1.165) is 16.9 Å². The molecule has 144 valence electrons. The Bertz CT molecular complexity index is 709. The van der Waals surface area contributed by atoms with Gasteiger partial charge in [-0.1, -0.05) is 54.6 Å². The topological polar surface area (TPSA) is 65.0 Å². The van der Waals surface area contributed by atoms with Gasteiger partial charge in [0.2, 0.25) is 0 Å². The van der Waals surface area contributed by atoms with Crippen LogP contribution in [-0.2, 0) is 27.5 Å². The molecule has 0 heterocycles. The van der Waals surface area contributed by atoms with Crippen LogP contribution in [0.4, 0.5) is 0 Å². The molecule has 2 rings (SSSR count). The van der Waals surface area contributed by atoms with E-state index in [-0.39, 0.29) is 19.1 Å². The van der Waals surface area contributed by atoms with Gasteiger partial charge in [-0.3, -0.25) is 0 Å². The Morgan fingerprint density at radius 3 is 2.26 bits per heavy atom. The Labute approximate surface area is 160 Å². The minimum Gasteiger partial charge on any atom is -0.497 e. The molecule has 2 atom stereocenters. The fourth-order valence-electron chi connectivity index (χ4n) is 2.41. The smallest absolute Gasteiger partial charge is 0.333 e. The van der Waals surface area contributed by atoms with E-state index in [4.69, 9.17) is 14.2 Å². The van der Waals surface area contributed by atoms with E-state index in [2.05, 4.69) is 0 Å². The van der Waals surface area contributed by atoms with Gasteiger partial charge in [0.05, 0.1) is 26.4 Å². The van der Waals surface area contributed by atoms with Crippen molar-refractivity contribution in [2.75, 3.05) is 7.11 Å². The number of carbonyl (C=O) groups is 1. The van der Waals surface area contributed by atoms with Crippen LogP contribution in [0.25, 0.3) is 0 Å². The maximum Gasteiger partial charge on any atom is 0.333 e. The highest BCUT2D eigenvalue weighted by atomic mass is 16.5. The Hall–Kier alpha value is -2.63. The van der Waals surface area contributed by atoms with Crippen molar-refractivity contribution in [3.63, 3.8) is 0 Å². The third-order valence-corrected chi connectivity index (χ3v) is 4.00. The molecule has 5 heteroatoms. The van der Waals surface area contributed by atoms with E-state index >= 15 is 0 Å². The molecular formula is C22H26O5. The molecule has 0 aliphatic carbocycles. The maximum atomic E-state index is 11.4. The molecule has 0 saturated heterocycles. The number of methoxy groups -OCH3 is 1. The molecular weight excluding hydrogens is 344 g/mol. The number of carboxylic acids is 1. The Morgan fingerprint density at radius 2 is 1.63 bits per heavy atom.